The van der Waals surface area contributed by atoms with Gasteiger partial charge in [-0.15, -0.1) is 11.3 Å². The summed E-state index contributed by atoms with van der Waals surface area (Å²) in [5.41, 5.74) is 2.34. The summed E-state index contributed by atoms with van der Waals surface area (Å²) in [6.45, 7) is 3.87. The minimum absolute atomic E-state index is 0.0897. The number of halogens is 1. The van der Waals surface area contributed by atoms with E-state index in [-0.39, 0.29) is 5.91 Å². The zero-order valence-corrected chi connectivity index (χ0v) is 18.9. The zero-order chi connectivity index (χ0) is 21.9. The predicted octanol–water partition coefficient (Wildman–Crippen LogP) is 5.08. The van der Waals surface area contributed by atoms with Crippen LogP contribution in [0.2, 0.25) is 5.02 Å². The lowest BCUT2D eigenvalue weighted by molar-refractivity contribution is 0.0619. The fourth-order valence-electron chi connectivity index (χ4n) is 3.78. The highest BCUT2D eigenvalue weighted by molar-refractivity contribution is 7.15. The molecule has 1 saturated heterocycles. The van der Waals surface area contributed by atoms with Gasteiger partial charge in [-0.1, -0.05) is 28.9 Å². The number of hydrogen-bond donors (Lipinski definition) is 0. The van der Waals surface area contributed by atoms with Crippen molar-refractivity contribution >= 4 is 28.8 Å². The summed E-state index contributed by atoms with van der Waals surface area (Å²) in [6.07, 6.45) is 3.37. The fourth-order valence-corrected chi connectivity index (χ4v) is 5.02. The van der Waals surface area contributed by atoms with E-state index < -0.39 is 0 Å². The van der Waals surface area contributed by atoms with E-state index in [0.29, 0.717) is 24.5 Å². The molecule has 4 aromatic rings. The number of rotatable bonds is 5. The molecule has 0 unspecified atom stereocenters. The Labute approximate surface area is 195 Å². The van der Waals surface area contributed by atoms with Crippen LogP contribution in [0.25, 0.3) is 21.8 Å². The molecule has 5 rings (SSSR count). The second-order valence-corrected chi connectivity index (χ2v) is 9.26. The van der Waals surface area contributed by atoms with E-state index in [9.17, 15) is 4.79 Å². The van der Waals surface area contributed by atoms with Crippen molar-refractivity contribution in [3.8, 4) is 21.8 Å². The third kappa shape index (κ3) is 4.60. The molecule has 1 aromatic carbocycles. The monoisotopic (exact) mass is 464 g/mol. The first-order valence-corrected chi connectivity index (χ1v) is 11.6. The molecule has 0 radical (unpaired) electrons. The van der Waals surface area contributed by atoms with Crippen molar-refractivity contribution in [3.63, 3.8) is 0 Å². The van der Waals surface area contributed by atoms with Crippen LogP contribution < -0.4 is 0 Å². The van der Waals surface area contributed by atoms with Crippen LogP contribution in [0.5, 0.6) is 0 Å². The third-order valence-corrected chi connectivity index (χ3v) is 6.86. The fraction of sp³-hybridized carbons (Fsp3) is 0.208. The molecule has 0 aliphatic carbocycles. The number of pyridine rings is 1. The number of carbonyl (C=O) groups is 1. The Morgan fingerprint density at radius 1 is 1.00 bits per heavy atom. The van der Waals surface area contributed by atoms with E-state index in [0.717, 1.165) is 35.8 Å². The Hall–Kier alpha value is -3.00. The molecular weight excluding hydrogens is 444 g/mol. The quantitative estimate of drug-likeness (QED) is 0.412. The maximum absolute atomic E-state index is 12.9. The number of aromatic nitrogens is 2. The van der Waals surface area contributed by atoms with Gasteiger partial charge >= 0.3 is 0 Å². The Morgan fingerprint density at radius 2 is 1.81 bits per heavy atom. The van der Waals surface area contributed by atoms with Crippen molar-refractivity contribution in [2.75, 3.05) is 26.2 Å². The average Bonchev–Trinajstić information content (AvgIpc) is 3.50. The van der Waals surface area contributed by atoms with Crippen molar-refractivity contribution in [3.05, 3.63) is 82.6 Å². The van der Waals surface area contributed by atoms with Gasteiger partial charge in [0.25, 0.3) is 5.91 Å². The molecule has 0 saturated carbocycles. The van der Waals surface area contributed by atoms with E-state index in [4.69, 9.17) is 16.1 Å². The molecule has 6 nitrogen and oxygen atoms in total. The normalized spacial score (nSPS) is 14.6. The first-order valence-electron chi connectivity index (χ1n) is 10.4. The standard InChI is InChI=1S/C24H21ClN4O2S/c25-19-3-1-2-18(14-19)23-5-4-20(32-23)16-28-10-12-29(13-11-28)24(30)21-15-22(31-27-21)17-6-8-26-9-7-17/h1-9,14-15H,10-13,16H2. The minimum atomic E-state index is -0.0897. The summed E-state index contributed by atoms with van der Waals surface area (Å²) in [5, 5.41) is 4.73. The maximum Gasteiger partial charge on any atom is 0.276 e. The van der Waals surface area contributed by atoms with Crippen molar-refractivity contribution in [1.29, 1.82) is 0 Å². The van der Waals surface area contributed by atoms with Gasteiger partial charge in [-0.3, -0.25) is 14.7 Å². The summed E-state index contributed by atoms with van der Waals surface area (Å²) < 4.78 is 5.37. The number of thiophene rings is 1. The second kappa shape index (κ2) is 9.24. The second-order valence-electron chi connectivity index (χ2n) is 7.66. The number of nitrogens with zero attached hydrogens (tertiary/aromatic N) is 4. The summed E-state index contributed by atoms with van der Waals surface area (Å²) in [5.74, 6) is 0.482. The minimum Gasteiger partial charge on any atom is -0.355 e. The lowest BCUT2D eigenvalue weighted by atomic mass is 10.2. The Morgan fingerprint density at radius 3 is 2.59 bits per heavy atom. The summed E-state index contributed by atoms with van der Waals surface area (Å²) in [7, 11) is 0. The van der Waals surface area contributed by atoms with Crippen LogP contribution in [0.15, 0.2) is 71.5 Å². The molecule has 32 heavy (non-hydrogen) atoms. The number of amides is 1. The molecule has 1 fully saturated rings. The molecule has 4 heterocycles. The van der Waals surface area contributed by atoms with Gasteiger partial charge in [0.2, 0.25) is 0 Å². The van der Waals surface area contributed by atoms with Crippen LogP contribution in [-0.2, 0) is 6.54 Å². The predicted molar refractivity (Wildman–Crippen MR) is 126 cm³/mol. The molecule has 0 bridgehead atoms. The van der Waals surface area contributed by atoms with Crippen LogP contribution in [0, 0.1) is 0 Å². The highest BCUT2D eigenvalue weighted by Gasteiger charge is 2.25. The molecule has 162 valence electrons. The van der Waals surface area contributed by atoms with Crippen molar-refractivity contribution in [2.45, 2.75) is 6.54 Å². The molecule has 8 heteroatoms. The largest absolute Gasteiger partial charge is 0.355 e. The van der Waals surface area contributed by atoms with Crippen molar-refractivity contribution in [2.24, 2.45) is 0 Å². The van der Waals surface area contributed by atoms with Crippen LogP contribution in [-0.4, -0.2) is 52.0 Å². The van der Waals surface area contributed by atoms with E-state index in [1.165, 1.54) is 9.75 Å². The highest BCUT2D eigenvalue weighted by Crippen LogP contribution is 2.30. The van der Waals surface area contributed by atoms with E-state index in [1.54, 1.807) is 29.8 Å². The number of carbonyl (C=O) groups excluding carboxylic acids is 1. The van der Waals surface area contributed by atoms with Gasteiger partial charge in [-0.25, -0.2) is 0 Å². The zero-order valence-electron chi connectivity index (χ0n) is 17.3. The highest BCUT2D eigenvalue weighted by atomic mass is 35.5. The van der Waals surface area contributed by atoms with Crippen molar-refractivity contribution in [1.82, 2.24) is 19.9 Å². The number of hydrogen-bond acceptors (Lipinski definition) is 6. The molecular formula is C24H21ClN4O2S. The molecule has 1 amide bonds. The van der Waals surface area contributed by atoms with Gasteiger partial charge in [0.05, 0.1) is 0 Å². The number of piperazine rings is 1. The smallest absolute Gasteiger partial charge is 0.276 e. The van der Waals surface area contributed by atoms with Gasteiger partial charge in [0.1, 0.15) is 0 Å². The van der Waals surface area contributed by atoms with Crippen LogP contribution in [0.3, 0.4) is 0 Å². The first-order chi connectivity index (χ1) is 15.7. The Bertz CT molecular complexity index is 1220. The van der Waals surface area contributed by atoms with Crippen LogP contribution in [0.1, 0.15) is 15.4 Å². The molecule has 0 spiro atoms. The molecule has 1 aliphatic heterocycles. The molecule has 0 N–H and O–H groups in total. The van der Waals surface area contributed by atoms with E-state index in [2.05, 4.69) is 33.2 Å². The molecule has 0 atom stereocenters. The molecule has 3 aromatic heterocycles. The Kier molecular flexibility index (Phi) is 6.03. The average molecular weight is 465 g/mol. The van der Waals surface area contributed by atoms with E-state index in [1.807, 2.05) is 35.2 Å². The van der Waals surface area contributed by atoms with Gasteiger partial charge in [0.15, 0.2) is 11.5 Å². The first kappa shape index (κ1) is 20.9. The lowest BCUT2D eigenvalue weighted by Crippen LogP contribution is -2.48. The topological polar surface area (TPSA) is 62.5 Å². The van der Waals surface area contributed by atoms with Crippen molar-refractivity contribution < 1.29 is 9.32 Å². The number of benzene rings is 1. The maximum atomic E-state index is 12.9. The molecule has 1 aliphatic rings. The summed E-state index contributed by atoms with van der Waals surface area (Å²) >= 11 is 7.91. The summed E-state index contributed by atoms with van der Waals surface area (Å²) in [4.78, 5) is 23.6. The van der Waals surface area contributed by atoms with Gasteiger partial charge in [-0.05, 0) is 42.0 Å². The van der Waals surface area contributed by atoms with Gasteiger partial charge in [-0.2, -0.15) is 0 Å². The van der Waals surface area contributed by atoms with Gasteiger partial charge < -0.3 is 9.42 Å². The SMILES string of the molecule is O=C(c1cc(-c2ccncc2)on1)N1CCN(Cc2ccc(-c3cccc(Cl)c3)s2)CC1. The van der Waals surface area contributed by atoms with Gasteiger partial charge in [0, 0.05) is 71.5 Å². The Balaban J connectivity index is 1.17. The van der Waals surface area contributed by atoms with E-state index >= 15 is 0 Å². The van der Waals surface area contributed by atoms with Crippen LogP contribution >= 0.6 is 22.9 Å². The summed E-state index contributed by atoms with van der Waals surface area (Å²) in [6, 6.07) is 17.6. The van der Waals surface area contributed by atoms with Crippen LogP contribution in [0.4, 0.5) is 0 Å². The third-order valence-electron chi connectivity index (χ3n) is 5.50. The lowest BCUT2D eigenvalue weighted by Gasteiger charge is -2.34.